The van der Waals surface area contributed by atoms with Crippen LogP contribution in [0.5, 0.6) is 0 Å². The highest BCUT2D eigenvalue weighted by Crippen LogP contribution is 2.33. The summed E-state index contributed by atoms with van der Waals surface area (Å²) in [4.78, 5) is 30.2. The maximum atomic E-state index is 12.7. The third-order valence-electron chi connectivity index (χ3n) is 6.32. The van der Waals surface area contributed by atoms with Crippen LogP contribution in [-0.4, -0.2) is 52.0 Å². The molecule has 0 unspecified atom stereocenters. The number of hydrogen-bond acceptors (Lipinski definition) is 5. The van der Waals surface area contributed by atoms with Crippen LogP contribution in [0.4, 0.5) is 11.5 Å². The third-order valence-corrected chi connectivity index (χ3v) is 6.32. The van der Waals surface area contributed by atoms with E-state index in [9.17, 15) is 4.79 Å². The number of carbonyl (C=O) groups is 1. The van der Waals surface area contributed by atoms with E-state index in [0.29, 0.717) is 12.3 Å². The lowest BCUT2D eigenvalue weighted by atomic mass is 9.94. The van der Waals surface area contributed by atoms with Crippen LogP contribution in [0.25, 0.3) is 10.4 Å². The van der Waals surface area contributed by atoms with Crippen molar-refractivity contribution >= 4 is 23.0 Å². The van der Waals surface area contributed by atoms with Gasteiger partial charge in [0.05, 0.1) is 29.9 Å². The molecule has 2 aromatic heterocycles. The van der Waals surface area contributed by atoms with Gasteiger partial charge in [-0.15, -0.1) is 0 Å². The van der Waals surface area contributed by atoms with Gasteiger partial charge in [-0.25, -0.2) is 9.97 Å². The number of aromatic amines is 1. The molecule has 3 heterocycles. The zero-order valence-corrected chi connectivity index (χ0v) is 19.5. The predicted octanol–water partition coefficient (Wildman–Crippen LogP) is 4.91. The molecule has 0 atom stereocenters. The largest absolute Gasteiger partial charge is 0.368 e. The maximum absolute atomic E-state index is 12.7. The molecule has 1 aliphatic heterocycles. The molecule has 0 spiro atoms. The summed E-state index contributed by atoms with van der Waals surface area (Å²) in [5.41, 5.74) is 2.88. The van der Waals surface area contributed by atoms with E-state index in [-0.39, 0.29) is 11.6 Å². The van der Waals surface area contributed by atoms with E-state index in [1.807, 2.05) is 26.0 Å². The number of aromatic nitrogens is 3. The summed E-state index contributed by atoms with van der Waals surface area (Å²) in [7, 11) is 0. The van der Waals surface area contributed by atoms with Crippen LogP contribution < -0.4 is 5.32 Å². The SMILES string of the molecule is [C-]#[N+]c1cnc(C(=O)Nc2ccc(C(C)(C)OCCN3CCCC3)nc2C2=CCCCC2)[nH]1. The number of amides is 1. The molecule has 2 aliphatic rings. The minimum absolute atomic E-state index is 0.110. The van der Waals surface area contributed by atoms with Gasteiger partial charge in [0.15, 0.2) is 0 Å². The zero-order chi connectivity index (χ0) is 23.3. The van der Waals surface area contributed by atoms with Gasteiger partial charge in [0, 0.05) is 6.54 Å². The number of anilines is 1. The Balaban J connectivity index is 1.54. The summed E-state index contributed by atoms with van der Waals surface area (Å²) < 4.78 is 6.27. The minimum Gasteiger partial charge on any atom is -0.368 e. The quantitative estimate of drug-likeness (QED) is 0.560. The molecule has 2 aromatic rings. The summed E-state index contributed by atoms with van der Waals surface area (Å²) in [5, 5.41) is 2.93. The molecule has 33 heavy (non-hydrogen) atoms. The van der Waals surface area contributed by atoms with Gasteiger partial charge in [-0.3, -0.25) is 9.78 Å². The molecule has 1 aliphatic carbocycles. The van der Waals surface area contributed by atoms with Crippen molar-refractivity contribution in [1.82, 2.24) is 19.9 Å². The second-order valence-corrected chi connectivity index (χ2v) is 9.16. The van der Waals surface area contributed by atoms with Gasteiger partial charge in [0.1, 0.15) is 5.60 Å². The molecule has 1 amide bonds. The number of likely N-dealkylation sites (tertiary alicyclic amines) is 1. The standard InChI is InChI=1S/C25H32N6O2/c1-25(2,33-16-15-31-13-7-8-14-31)20-12-11-19(22(29-20)18-9-5-4-6-10-18)28-24(32)23-27-17-21(26-3)30-23/h9,11-12,17H,4-8,10,13-16H2,1-2H3,(H,27,30)(H,28,32). The molecule has 1 fully saturated rings. The molecule has 0 radical (unpaired) electrons. The van der Waals surface area contributed by atoms with Crippen molar-refractivity contribution in [2.75, 3.05) is 31.6 Å². The molecule has 0 aromatic carbocycles. The minimum atomic E-state index is -0.544. The lowest BCUT2D eigenvalue weighted by Gasteiger charge is -2.28. The van der Waals surface area contributed by atoms with Crippen LogP contribution in [0.15, 0.2) is 24.4 Å². The second kappa shape index (κ2) is 10.3. The van der Waals surface area contributed by atoms with Gasteiger partial charge in [-0.2, -0.15) is 0 Å². The van der Waals surface area contributed by atoms with E-state index in [4.69, 9.17) is 16.3 Å². The van der Waals surface area contributed by atoms with Crippen LogP contribution in [0.2, 0.25) is 0 Å². The van der Waals surface area contributed by atoms with Crippen molar-refractivity contribution in [3.05, 3.63) is 53.0 Å². The first-order chi connectivity index (χ1) is 16.0. The van der Waals surface area contributed by atoms with Crippen molar-refractivity contribution < 1.29 is 9.53 Å². The average molecular weight is 449 g/mol. The first kappa shape index (κ1) is 23.1. The second-order valence-electron chi connectivity index (χ2n) is 9.16. The van der Waals surface area contributed by atoms with Gasteiger partial charge in [-0.1, -0.05) is 12.6 Å². The summed E-state index contributed by atoms with van der Waals surface area (Å²) >= 11 is 0. The molecule has 2 N–H and O–H groups in total. The molecule has 1 saturated heterocycles. The zero-order valence-electron chi connectivity index (χ0n) is 19.5. The Morgan fingerprint density at radius 3 is 2.79 bits per heavy atom. The molecule has 174 valence electrons. The predicted molar refractivity (Wildman–Crippen MR) is 128 cm³/mol. The van der Waals surface area contributed by atoms with Crippen molar-refractivity contribution in [1.29, 1.82) is 0 Å². The number of imidazole rings is 1. The number of allylic oxidation sites excluding steroid dienone is 2. The smallest absolute Gasteiger partial charge is 0.314 e. The molecule has 0 bridgehead atoms. The molecule has 4 rings (SSSR count). The lowest BCUT2D eigenvalue weighted by molar-refractivity contribution is -0.0317. The number of hydrogen-bond donors (Lipinski definition) is 2. The normalized spacial score (nSPS) is 16.9. The molecular formula is C25H32N6O2. The number of carbonyl (C=O) groups excluding carboxylic acids is 1. The first-order valence-corrected chi connectivity index (χ1v) is 11.8. The van der Waals surface area contributed by atoms with E-state index < -0.39 is 11.5 Å². The van der Waals surface area contributed by atoms with Crippen molar-refractivity contribution in [2.24, 2.45) is 0 Å². The fourth-order valence-electron chi connectivity index (χ4n) is 4.37. The van der Waals surface area contributed by atoms with Crippen molar-refractivity contribution in [2.45, 2.75) is 58.0 Å². The van der Waals surface area contributed by atoms with Gasteiger partial charge in [0.2, 0.25) is 5.82 Å². The number of pyridine rings is 1. The van der Waals surface area contributed by atoms with Crippen LogP contribution in [0, 0.1) is 6.57 Å². The first-order valence-electron chi connectivity index (χ1n) is 11.8. The highest BCUT2D eigenvalue weighted by Gasteiger charge is 2.26. The summed E-state index contributed by atoms with van der Waals surface area (Å²) in [6.07, 6.45) is 10.3. The fraction of sp³-hybridized carbons (Fsp3) is 0.520. The van der Waals surface area contributed by atoms with E-state index >= 15 is 0 Å². The van der Waals surface area contributed by atoms with Crippen LogP contribution in [0.3, 0.4) is 0 Å². The van der Waals surface area contributed by atoms with Crippen LogP contribution in [-0.2, 0) is 10.3 Å². The van der Waals surface area contributed by atoms with E-state index in [1.165, 1.54) is 25.5 Å². The lowest BCUT2D eigenvalue weighted by Crippen LogP contribution is -2.30. The van der Waals surface area contributed by atoms with E-state index in [0.717, 1.165) is 55.9 Å². The number of nitrogens with zero attached hydrogens (tertiary/aromatic N) is 4. The monoisotopic (exact) mass is 448 g/mol. The summed E-state index contributed by atoms with van der Waals surface area (Å²) in [6.45, 7) is 15.1. The number of H-pyrrole nitrogens is 1. The van der Waals surface area contributed by atoms with E-state index in [2.05, 4.69) is 31.1 Å². The Kier molecular flexibility index (Phi) is 7.21. The van der Waals surface area contributed by atoms with Crippen LogP contribution >= 0.6 is 0 Å². The van der Waals surface area contributed by atoms with Gasteiger partial charge < -0.3 is 19.8 Å². The Morgan fingerprint density at radius 1 is 1.27 bits per heavy atom. The third kappa shape index (κ3) is 5.67. The number of nitrogens with one attached hydrogen (secondary N) is 2. The Bertz CT molecular complexity index is 1060. The molecular weight excluding hydrogens is 416 g/mol. The van der Waals surface area contributed by atoms with Crippen molar-refractivity contribution in [3.8, 4) is 0 Å². The van der Waals surface area contributed by atoms with E-state index in [1.54, 1.807) is 0 Å². The number of ether oxygens (including phenoxy) is 1. The van der Waals surface area contributed by atoms with Gasteiger partial charge >= 0.3 is 5.91 Å². The molecule has 0 saturated carbocycles. The number of rotatable bonds is 8. The van der Waals surface area contributed by atoms with Gasteiger partial charge in [-0.05, 0) is 83.2 Å². The fourth-order valence-corrected chi connectivity index (χ4v) is 4.37. The Hall–Kier alpha value is -3.02. The molecule has 8 nitrogen and oxygen atoms in total. The Labute approximate surface area is 195 Å². The topological polar surface area (TPSA) is 87.5 Å². The summed E-state index contributed by atoms with van der Waals surface area (Å²) in [6, 6.07) is 3.82. The average Bonchev–Trinajstić information content (AvgIpc) is 3.52. The van der Waals surface area contributed by atoms with Crippen molar-refractivity contribution in [3.63, 3.8) is 0 Å². The molecule has 8 heteroatoms. The highest BCUT2D eigenvalue weighted by atomic mass is 16.5. The van der Waals surface area contributed by atoms with Crippen LogP contribution in [0.1, 0.15) is 74.4 Å². The summed E-state index contributed by atoms with van der Waals surface area (Å²) in [5.74, 6) is -0.0471. The van der Waals surface area contributed by atoms with Gasteiger partial charge in [0.25, 0.3) is 5.82 Å². The maximum Gasteiger partial charge on any atom is 0.314 e. The Morgan fingerprint density at radius 2 is 2.09 bits per heavy atom. The highest BCUT2D eigenvalue weighted by molar-refractivity contribution is 6.03.